The molecule has 7 heteroatoms. The Balaban J connectivity index is 1.33. The summed E-state index contributed by atoms with van der Waals surface area (Å²) in [5.74, 6) is 0.641. The van der Waals surface area contributed by atoms with Gasteiger partial charge in [-0.2, -0.15) is 0 Å². The topological polar surface area (TPSA) is 69.7 Å². The maximum atomic E-state index is 12.3. The van der Waals surface area contributed by atoms with E-state index in [1.165, 1.54) is 11.3 Å². The molecular weight excluding hydrogens is 350 g/mol. The Morgan fingerprint density at radius 3 is 2.38 bits per heavy atom. The molecule has 26 heavy (non-hydrogen) atoms. The number of carbonyl (C=O) groups is 3. The highest BCUT2D eigenvalue weighted by atomic mass is 32.1. The number of likely N-dealkylation sites (tertiary alicyclic amines) is 2. The molecule has 0 aromatic carbocycles. The van der Waals surface area contributed by atoms with Gasteiger partial charge in [0.1, 0.15) is 0 Å². The van der Waals surface area contributed by atoms with Gasteiger partial charge in [-0.3, -0.25) is 14.4 Å². The molecule has 2 aliphatic heterocycles. The van der Waals surface area contributed by atoms with E-state index >= 15 is 0 Å². The number of nitrogens with one attached hydrogen (secondary N) is 1. The van der Waals surface area contributed by atoms with Crippen LogP contribution in [-0.2, 0) is 9.59 Å². The van der Waals surface area contributed by atoms with Crippen LogP contribution < -0.4 is 5.32 Å². The van der Waals surface area contributed by atoms with Gasteiger partial charge in [0.25, 0.3) is 5.91 Å². The Hall–Kier alpha value is -1.89. The molecular formula is C19H27N3O3S. The summed E-state index contributed by atoms with van der Waals surface area (Å²) in [5, 5.41) is 4.65. The first-order chi connectivity index (χ1) is 12.6. The molecule has 1 N–H and O–H groups in total. The summed E-state index contributed by atoms with van der Waals surface area (Å²) in [7, 11) is 0. The molecule has 0 aliphatic carbocycles. The molecule has 0 saturated carbocycles. The highest BCUT2D eigenvalue weighted by molar-refractivity contribution is 7.12. The van der Waals surface area contributed by atoms with Gasteiger partial charge in [-0.15, -0.1) is 11.3 Å². The van der Waals surface area contributed by atoms with Crippen LogP contribution in [0.4, 0.5) is 0 Å². The smallest absolute Gasteiger partial charge is 0.261 e. The lowest BCUT2D eigenvalue weighted by molar-refractivity contribution is -0.133. The zero-order valence-corrected chi connectivity index (χ0v) is 15.9. The third-order valence-corrected chi connectivity index (χ3v) is 6.13. The summed E-state index contributed by atoms with van der Waals surface area (Å²) in [5.41, 5.74) is 0. The van der Waals surface area contributed by atoms with Crippen LogP contribution in [0, 0.1) is 5.92 Å². The zero-order chi connectivity index (χ0) is 18.4. The van der Waals surface area contributed by atoms with Gasteiger partial charge in [0.15, 0.2) is 0 Å². The number of hydrogen-bond donors (Lipinski definition) is 1. The van der Waals surface area contributed by atoms with Gasteiger partial charge in [0.2, 0.25) is 11.8 Å². The largest absolute Gasteiger partial charge is 0.351 e. The third-order valence-electron chi connectivity index (χ3n) is 5.26. The number of piperidine rings is 1. The molecule has 2 fully saturated rings. The Kier molecular flexibility index (Phi) is 6.66. The van der Waals surface area contributed by atoms with Crippen molar-refractivity contribution < 1.29 is 14.4 Å². The van der Waals surface area contributed by atoms with Crippen LogP contribution in [0.5, 0.6) is 0 Å². The van der Waals surface area contributed by atoms with Crippen LogP contribution in [-0.4, -0.2) is 60.2 Å². The maximum Gasteiger partial charge on any atom is 0.261 e. The first kappa shape index (κ1) is 18.9. The molecule has 6 nitrogen and oxygen atoms in total. The summed E-state index contributed by atoms with van der Waals surface area (Å²) in [4.78, 5) is 40.9. The van der Waals surface area contributed by atoms with E-state index in [1.807, 2.05) is 21.2 Å². The first-order valence-electron chi connectivity index (χ1n) is 9.51. The predicted octanol–water partition coefficient (Wildman–Crippen LogP) is 2.12. The van der Waals surface area contributed by atoms with Crippen molar-refractivity contribution in [1.29, 1.82) is 0 Å². The summed E-state index contributed by atoms with van der Waals surface area (Å²) < 4.78 is 0. The second kappa shape index (κ2) is 9.16. The highest BCUT2D eigenvalue weighted by Gasteiger charge is 2.26. The molecule has 0 spiro atoms. The van der Waals surface area contributed by atoms with E-state index in [4.69, 9.17) is 0 Å². The van der Waals surface area contributed by atoms with Crippen molar-refractivity contribution in [3.8, 4) is 0 Å². The Morgan fingerprint density at radius 2 is 1.73 bits per heavy atom. The minimum atomic E-state index is -0.119. The van der Waals surface area contributed by atoms with E-state index in [0.29, 0.717) is 30.2 Å². The maximum absolute atomic E-state index is 12.3. The van der Waals surface area contributed by atoms with Crippen molar-refractivity contribution in [2.75, 3.05) is 32.7 Å². The second-order valence-corrected chi connectivity index (χ2v) is 8.05. The quantitative estimate of drug-likeness (QED) is 0.826. The Bertz CT molecular complexity index is 618. The Labute approximate surface area is 158 Å². The minimum Gasteiger partial charge on any atom is -0.351 e. The van der Waals surface area contributed by atoms with E-state index in [0.717, 1.165) is 51.9 Å². The number of hydrogen-bond acceptors (Lipinski definition) is 4. The van der Waals surface area contributed by atoms with Gasteiger partial charge in [-0.1, -0.05) is 6.07 Å². The van der Waals surface area contributed by atoms with Crippen LogP contribution in [0.3, 0.4) is 0 Å². The molecule has 0 unspecified atom stereocenters. The lowest BCUT2D eigenvalue weighted by Gasteiger charge is -2.32. The number of nitrogens with zero attached hydrogens (tertiary/aromatic N) is 2. The molecule has 142 valence electrons. The van der Waals surface area contributed by atoms with Crippen molar-refractivity contribution in [3.63, 3.8) is 0 Å². The highest BCUT2D eigenvalue weighted by Crippen LogP contribution is 2.23. The summed E-state index contributed by atoms with van der Waals surface area (Å²) in [6.07, 6.45) is 5.00. The van der Waals surface area contributed by atoms with Crippen LogP contribution in [0.15, 0.2) is 17.5 Å². The average molecular weight is 378 g/mol. The molecule has 1 aromatic heterocycles. The van der Waals surface area contributed by atoms with Crippen molar-refractivity contribution in [2.24, 2.45) is 5.92 Å². The number of carbonyl (C=O) groups excluding carboxylic acids is 3. The molecule has 0 bridgehead atoms. The molecule has 3 heterocycles. The van der Waals surface area contributed by atoms with Gasteiger partial charge >= 0.3 is 0 Å². The summed E-state index contributed by atoms with van der Waals surface area (Å²) in [6.45, 7) is 3.62. The number of thiophene rings is 1. The van der Waals surface area contributed by atoms with Crippen molar-refractivity contribution in [3.05, 3.63) is 22.4 Å². The van der Waals surface area contributed by atoms with Crippen molar-refractivity contribution >= 4 is 29.1 Å². The van der Waals surface area contributed by atoms with Gasteiger partial charge < -0.3 is 15.1 Å². The molecule has 1 aromatic rings. The first-order valence-corrected chi connectivity index (χ1v) is 10.4. The SMILES string of the molecule is O=C(NCCC(=O)N1CCC(CC(=O)N2CCCC2)CC1)c1cccs1. The molecule has 2 saturated heterocycles. The third kappa shape index (κ3) is 5.06. The molecule has 0 radical (unpaired) electrons. The second-order valence-electron chi connectivity index (χ2n) is 7.10. The van der Waals surface area contributed by atoms with Crippen molar-refractivity contribution in [2.45, 2.75) is 38.5 Å². The van der Waals surface area contributed by atoms with E-state index in [2.05, 4.69) is 5.32 Å². The van der Waals surface area contributed by atoms with Gasteiger partial charge in [0, 0.05) is 45.6 Å². The van der Waals surface area contributed by atoms with Crippen LogP contribution in [0.1, 0.15) is 48.2 Å². The fourth-order valence-electron chi connectivity index (χ4n) is 3.67. The monoisotopic (exact) mass is 377 g/mol. The fourth-order valence-corrected chi connectivity index (χ4v) is 4.31. The zero-order valence-electron chi connectivity index (χ0n) is 15.1. The molecule has 3 rings (SSSR count). The lowest BCUT2D eigenvalue weighted by atomic mass is 9.93. The van der Waals surface area contributed by atoms with E-state index < -0.39 is 0 Å². The molecule has 2 aliphatic rings. The van der Waals surface area contributed by atoms with Gasteiger partial charge in [-0.05, 0) is 43.0 Å². The normalized spacial score (nSPS) is 18.2. The lowest BCUT2D eigenvalue weighted by Crippen LogP contribution is -2.41. The minimum absolute atomic E-state index is 0.0841. The van der Waals surface area contributed by atoms with Gasteiger partial charge in [0.05, 0.1) is 4.88 Å². The van der Waals surface area contributed by atoms with E-state index in [9.17, 15) is 14.4 Å². The standard InChI is InChI=1S/C19H27N3O3S/c23-17(5-8-20-19(25)16-4-3-13-26-16)22-11-6-15(7-12-22)14-18(24)21-9-1-2-10-21/h3-4,13,15H,1-2,5-12,14H2,(H,20,25). The van der Waals surface area contributed by atoms with Gasteiger partial charge in [-0.25, -0.2) is 0 Å². The molecule has 3 amide bonds. The van der Waals surface area contributed by atoms with E-state index in [-0.39, 0.29) is 17.7 Å². The van der Waals surface area contributed by atoms with E-state index in [1.54, 1.807) is 6.07 Å². The van der Waals surface area contributed by atoms with Crippen LogP contribution >= 0.6 is 11.3 Å². The predicted molar refractivity (Wildman–Crippen MR) is 101 cm³/mol. The summed E-state index contributed by atoms with van der Waals surface area (Å²) >= 11 is 1.39. The molecule has 0 atom stereocenters. The average Bonchev–Trinajstić information content (AvgIpc) is 3.36. The fraction of sp³-hybridized carbons (Fsp3) is 0.632. The van der Waals surface area contributed by atoms with Crippen LogP contribution in [0.25, 0.3) is 0 Å². The number of rotatable bonds is 6. The van der Waals surface area contributed by atoms with Crippen LogP contribution in [0.2, 0.25) is 0 Å². The summed E-state index contributed by atoms with van der Waals surface area (Å²) in [6, 6.07) is 3.61. The Morgan fingerprint density at radius 1 is 1.04 bits per heavy atom. The number of amides is 3. The van der Waals surface area contributed by atoms with Crippen molar-refractivity contribution in [1.82, 2.24) is 15.1 Å².